The molecule has 0 spiro atoms. The lowest BCUT2D eigenvalue weighted by molar-refractivity contribution is 0.0600. The Balaban J connectivity index is 1.59. The molecule has 6 nitrogen and oxygen atoms in total. The van der Waals surface area contributed by atoms with Gasteiger partial charge < -0.3 is 15.4 Å². The SMILES string of the molecule is COC(=O)c1ccc(NC(=O)c2ccc(NCc3ccccc3C)nc2)cc1. The number of hydrogen-bond acceptors (Lipinski definition) is 5. The van der Waals surface area contributed by atoms with Crippen molar-refractivity contribution < 1.29 is 14.3 Å². The Morgan fingerprint density at radius 3 is 2.32 bits per heavy atom. The summed E-state index contributed by atoms with van der Waals surface area (Å²) in [5.74, 6) is 0.00173. The van der Waals surface area contributed by atoms with E-state index in [0.29, 0.717) is 29.2 Å². The second kappa shape index (κ2) is 8.81. The zero-order valence-corrected chi connectivity index (χ0v) is 15.7. The van der Waals surface area contributed by atoms with Crippen molar-refractivity contribution in [2.45, 2.75) is 13.5 Å². The van der Waals surface area contributed by atoms with Crippen LogP contribution in [0.5, 0.6) is 0 Å². The number of hydrogen-bond donors (Lipinski definition) is 2. The molecule has 0 radical (unpaired) electrons. The van der Waals surface area contributed by atoms with E-state index in [1.54, 1.807) is 36.4 Å². The molecule has 0 saturated heterocycles. The number of nitrogens with zero attached hydrogens (tertiary/aromatic N) is 1. The molecule has 0 atom stereocenters. The molecule has 1 aromatic heterocycles. The highest BCUT2D eigenvalue weighted by Gasteiger charge is 2.09. The first-order valence-corrected chi connectivity index (χ1v) is 8.81. The molecule has 2 N–H and O–H groups in total. The topological polar surface area (TPSA) is 80.3 Å². The van der Waals surface area contributed by atoms with Gasteiger partial charge in [0.1, 0.15) is 5.82 Å². The molecule has 0 aliphatic heterocycles. The Kier molecular flexibility index (Phi) is 6.01. The molecule has 0 bridgehead atoms. The molecule has 0 aliphatic carbocycles. The van der Waals surface area contributed by atoms with E-state index in [2.05, 4.69) is 39.4 Å². The molecule has 142 valence electrons. The highest BCUT2D eigenvalue weighted by molar-refractivity contribution is 6.04. The molecule has 3 rings (SSSR count). The van der Waals surface area contributed by atoms with E-state index in [0.717, 1.165) is 0 Å². The molecule has 0 fully saturated rings. The number of aryl methyl sites for hydroxylation is 1. The number of aromatic nitrogens is 1. The Morgan fingerprint density at radius 2 is 1.68 bits per heavy atom. The smallest absolute Gasteiger partial charge is 0.337 e. The van der Waals surface area contributed by atoms with Gasteiger partial charge in [0.15, 0.2) is 0 Å². The molecule has 28 heavy (non-hydrogen) atoms. The standard InChI is InChI=1S/C22H21N3O3/c1-15-5-3-4-6-17(15)13-23-20-12-9-18(14-24-20)21(26)25-19-10-7-16(8-11-19)22(27)28-2/h3-12,14H,13H2,1-2H3,(H,23,24)(H,25,26). The predicted octanol–water partition coefficient (Wildman–Crippen LogP) is 4.04. The highest BCUT2D eigenvalue weighted by Crippen LogP contribution is 2.14. The van der Waals surface area contributed by atoms with Crippen LogP contribution >= 0.6 is 0 Å². The van der Waals surface area contributed by atoms with Crippen LogP contribution in [0, 0.1) is 6.92 Å². The number of ether oxygens (including phenoxy) is 1. The first-order chi connectivity index (χ1) is 13.6. The average molecular weight is 375 g/mol. The van der Waals surface area contributed by atoms with Gasteiger partial charge in [0, 0.05) is 18.4 Å². The van der Waals surface area contributed by atoms with Crippen LogP contribution in [0.15, 0.2) is 66.9 Å². The molecule has 3 aromatic rings. The molecule has 0 aliphatic rings. The van der Waals surface area contributed by atoms with Gasteiger partial charge in [-0.2, -0.15) is 0 Å². The summed E-state index contributed by atoms with van der Waals surface area (Å²) in [6.07, 6.45) is 1.53. The molecule has 0 saturated carbocycles. The van der Waals surface area contributed by atoms with Crippen LogP contribution in [0.4, 0.5) is 11.5 Å². The first-order valence-electron chi connectivity index (χ1n) is 8.81. The minimum Gasteiger partial charge on any atom is -0.465 e. The number of methoxy groups -OCH3 is 1. The fourth-order valence-electron chi connectivity index (χ4n) is 2.64. The lowest BCUT2D eigenvalue weighted by Crippen LogP contribution is -2.13. The number of pyridine rings is 1. The molecule has 0 unspecified atom stereocenters. The van der Waals surface area contributed by atoms with Gasteiger partial charge in [0.05, 0.1) is 18.2 Å². The average Bonchev–Trinajstić information content (AvgIpc) is 2.73. The van der Waals surface area contributed by atoms with Crippen molar-refractivity contribution in [2.24, 2.45) is 0 Å². The van der Waals surface area contributed by atoms with Gasteiger partial charge in [0.2, 0.25) is 0 Å². The lowest BCUT2D eigenvalue weighted by Gasteiger charge is -2.09. The maximum absolute atomic E-state index is 12.4. The van der Waals surface area contributed by atoms with Crippen LogP contribution in [0.1, 0.15) is 31.8 Å². The van der Waals surface area contributed by atoms with Crippen LogP contribution in [0.3, 0.4) is 0 Å². The van der Waals surface area contributed by atoms with E-state index in [-0.39, 0.29) is 5.91 Å². The maximum Gasteiger partial charge on any atom is 0.337 e. The van der Waals surface area contributed by atoms with Crippen LogP contribution in [0.2, 0.25) is 0 Å². The van der Waals surface area contributed by atoms with Crippen molar-refractivity contribution >= 4 is 23.4 Å². The first kappa shape index (κ1) is 19.1. The molecular weight excluding hydrogens is 354 g/mol. The number of nitrogens with one attached hydrogen (secondary N) is 2. The van der Waals surface area contributed by atoms with Crippen LogP contribution < -0.4 is 10.6 Å². The zero-order valence-electron chi connectivity index (χ0n) is 15.7. The minimum atomic E-state index is -0.420. The van der Waals surface area contributed by atoms with Crippen LogP contribution in [-0.4, -0.2) is 24.0 Å². The fourth-order valence-corrected chi connectivity index (χ4v) is 2.64. The molecule has 2 aromatic carbocycles. The van der Waals surface area contributed by atoms with Gasteiger partial charge in [-0.3, -0.25) is 4.79 Å². The van der Waals surface area contributed by atoms with E-state index in [4.69, 9.17) is 0 Å². The Bertz CT molecular complexity index is 967. The molecule has 1 amide bonds. The van der Waals surface area contributed by atoms with Gasteiger partial charge in [-0.1, -0.05) is 24.3 Å². The van der Waals surface area contributed by atoms with Gasteiger partial charge >= 0.3 is 5.97 Å². The number of anilines is 2. The summed E-state index contributed by atoms with van der Waals surface area (Å²) in [4.78, 5) is 28.1. The molecule has 6 heteroatoms. The van der Waals surface area contributed by atoms with Crippen LogP contribution in [-0.2, 0) is 11.3 Å². The third-order valence-corrected chi connectivity index (χ3v) is 4.31. The van der Waals surface area contributed by atoms with Gasteiger partial charge in [-0.05, 0) is 54.4 Å². The Hall–Kier alpha value is -3.67. The summed E-state index contributed by atoms with van der Waals surface area (Å²) in [6.45, 7) is 2.73. The monoisotopic (exact) mass is 375 g/mol. The van der Waals surface area contributed by atoms with Crippen molar-refractivity contribution in [1.82, 2.24) is 4.98 Å². The zero-order chi connectivity index (χ0) is 19.9. The van der Waals surface area contributed by atoms with E-state index < -0.39 is 5.97 Å². The lowest BCUT2D eigenvalue weighted by atomic mass is 10.1. The molecule has 1 heterocycles. The Labute approximate surface area is 163 Å². The fraction of sp³-hybridized carbons (Fsp3) is 0.136. The summed E-state index contributed by atoms with van der Waals surface area (Å²) in [5.41, 5.74) is 3.86. The second-order valence-electron chi connectivity index (χ2n) is 6.24. The number of carbonyl (C=O) groups excluding carboxylic acids is 2. The van der Waals surface area contributed by atoms with Crippen molar-refractivity contribution in [3.8, 4) is 0 Å². The Morgan fingerprint density at radius 1 is 0.964 bits per heavy atom. The predicted molar refractivity (Wildman–Crippen MR) is 108 cm³/mol. The van der Waals surface area contributed by atoms with Gasteiger partial charge in [-0.15, -0.1) is 0 Å². The number of esters is 1. The summed E-state index contributed by atoms with van der Waals surface area (Å²) >= 11 is 0. The number of carbonyl (C=O) groups is 2. The third-order valence-electron chi connectivity index (χ3n) is 4.31. The van der Waals surface area contributed by atoms with E-state index in [9.17, 15) is 9.59 Å². The second-order valence-corrected chi connectivity index (χ2v) is 6.24. The van der Waals surface area contributed by atoms with Crippen LogP contribution in [0.25, 0.3) is 0 Å². The maximum atomic E-state index is 12.4. The summed E-state index contributed by atoms with van der Waals surface area (Å²) < 4.78 is 4.65. The van der Waals surface area contributed by atoms with Gasteiger partial charge in [-0.25, -0.2) is 9.78 Å². The van der Waals surface area contributed by atoms with Crippen molar-refractivity contribution in [2.75, 3.05) is 17.7 Å². The number of rotatable bonds is 6. The third kappa shape index (κ3) is 4.73. The van der Waals surface area contributed by atoms with Crippen molar-refractivity contribution in [3.63, 3.8) is 0 Å². The quantitative estimate of drug-likeness (QED) is 0.636. The summed E-state index contributed by atoms with van der Waals surface area (Å²) in [6, 6.07) is 18.1. The van der Waals surface area contributed by atoms with E-state index >= 15 is 0 Å². The largest absolute Gasteiger partial charge is 0.465 e. The normalized spacial score (nSPS) is 10.2. The summed E-state index contributed by atoms with van der Waals surface area (Å²) in [5, 5.41) is 6.03. The van der Waals surface area contributed by atoms with E-state index in [1.165, 1.54) is 24.4 Å². The molecular formula is C22H21N3O3. The number of benzene rings is 2. The van der Waals surface area contributed by atoms with Crippen molar-refractivity contribution in [3.05, 3.63) is 89.1 Å². The number of amides is 1. The highest BCUT2D eigenvalue weighted by atomic mass is 16.5. The summed E-state index contributed by atoms with van der Waals surface area (Å²) in [7, 11) is 1.32. The van der Waals surface area contributed by atoms with E-state index in [1.807, 2.05) is 12.1 Å². The van der Waals surface area contributed by atoms with Crippen molar-refractivity contribution in [1.29, 1.82) is 0 Å². The minimum absolute atomic E-state index is 0.274. The van der Waals surface area contributed by atoms with Gasteiger partial charge in [0.25, 0.3) is 5.91 Å².